The summed E-state index contributed by atoms with van der Waals surface area (Å²) < 4.78 is 0. The van der Waals surface area contributed by atoms with Crippen LogP contribution in [0.1, 0.15) is 48.0 Å². The van der Waals surface area contributed by atoms with Crippen LogP contribution in [0.3, 0.4) is 0 Å². The van der Waals surface area contributed by atoms with Crippen molar-refractivity contribution < 1.29 is 4.79 Å². The number of hydrogen-bond acceptors (Lipinski definition) is 3. The number of nitrogens with two attached hydrogens (primary N) is 1. The molecule has 4 nitrogen and oxygen atoms in total. The van der Waals surface area contributed by atoms with Crippen LogP contribution >= 0.6 is 0 Å². The van der Waals surface area contributed by atoms with E-state index in [2.05, 4.69) is 37.9 Å². The second-order valence-electron chi connectivity index (χ2n) is 7.57. The molecule has 1 aliphatic rings. The van der Waals surface area contributed by atoms with Gasteiger partial charge < -0.3 is 11.1 Å². The van der Waals surface area contributed by atoms with Crippen molar-refractivity contribution in [3.8, 4) is 0 Å². The minimum atomic E-state index is -0.807. The van der Waals surface area contributed by atoms with Crippen molar-refractivity contribution in [2.24, 2.45) is 17.6 Å². The topological polar surface area (TPSA) is 58.4 Å². The Balaban J connectivity index is 2.58. The molecular formula is C15H31N3O. The van der Waals surface area contributed by atoms with E-state index in [9.17, 15) is 4.79 Å². The predicted molar refractivity (Wildman–Crippen MR) is 79.9 cm³/mol. The zero-order valence-electron chi connectivity index (χ0n) is 13.4. The van der Waals surface area contributed by atoms with Crippen LogP contribution in [-0.2, 0) is 4.79 Å². The summed E-state index contributed by atoms with van der Waals surface area (Å²) >= 11 is 0. The maximum Gasteiger partial charge on any atom is 0.239 e. The van der Waals surface area contributed by atoms with Crippen molar-refractivity contribution in [2.75, 3.05) is 19.6 Å². The molecule has 1 heterocycles. The van der Waals surface area contributed by atoms with Crippen molar-refractivity contribution in [3.05, 3.63) is 0 Å². The summed E-state index contributed by atoms with van der Waals surface area (Å²) in [5.74, 6) is 1.37. The Morgan fingerprint density at radius 1 is 1.21 bits per heavy atom. The molecule has 1 aliphatic heterocycles. The minimum absolute atomic E-state index is 0.0240. The van der Waals surface area contributed by atoms with Crippen molar-refractivity contribution in [3.63, 3.8) is 0 Å². The Kier molecular flexibility index (Phi) is 5.02. The Labute approximate surface area is 118 Å². The van der Waals surface area contributed by atoms with Crippen molar-refractivity contribution in [2.45, 2.75) is 59.0 Å². The van der Waals surface area contributed by atoms with E-state index in [0.29, 0.717) is 6.54 Å². The summed E-state index contributed by atoms with van der Waals surface area (Å²) in [6.07, 6.45) is 1.30. The van der Waals surface area contributed by atoms with E-state index in [4.69, 9.17) is 5.73 Å². The number of nitrogens with one attached hydrogen (secondary N) is 1. The molecule has 1 saturated heterocycles. The number of carbonyl (C=O) groups is 1. The molecule has 1 rings (SSSR count). The smallest absolute Gasteiger partial charge is 0.239 e. The molecule has 0 aromatic heterocycles. The zero-order valence-corrected chi connectivity index (χ0v) is 13.4. The fourth-order valence-electron chi connectivity index (χ4n) is 2.79. The minimum Gasteiger partial charge on any atom is -0.353 e. The summed E-state index contributed by atoms with van der Waals surface area (Å²) in [6.45, 7) is 15.3. The number of amides is 1. The van der Waals surface area contributed by atoms with E-state index in [-0.39, 0.29) is 11.4 Å². The molecule has 1 amide bonds. The average molecular weight is 269 g/mol. The van der Waals surface area contributed by atoms with Gasteiger partial charge in [0, 0.05) is 25.2 Å². The van der Waals surface area contributed by atoms with Crippen LogP contribution in [0.4, 0.5) is 0 Å². The number of carbonyl (C=O) groups excluding carboxylic acids is 1. The first-order valence-electron chi connectivity index (χ1n) is 7.34. The fraction of sp³-hybridized carbons (Fsp3) is 0.933. The van der Waals surface area contributed by atoms with E-state index >= 15 is 0 Å². The Morgan fingerprint density at radius 2 is 1.68 bits per heavy atom. The lowest BCUT2D eigenvalue weighted by atomic mass is 9.88. The molecular weight excluding hydrogens is 238 g/mol. The fourth-order valence-corrected chi connectivity index (χ4v) is 2.79. The summed E-state index contributed by atoms with van der Waals surface area (Å²) in [5.41, 5.74) is 4.97. The number of likely N-dealkylation sites (tertiary alicyclic amines) is 1. The van der Waals surface area contributed by atoms with Gasteiger partial charge in [-0.2, -0.15) is 0 Å². The molecule has 0 aliphatic carbocycles. The maximum absolute atomic E-state index is 11.9. The molecule has 0 bridgehead atoms. The standard InChI is InChI=1S/C15H31N3O/c1-11-7-12(2)9-18(8-11)14(3,4)10-17-13(19)15(5,6)16/h11-12H,7-10,16H2,1-6H3,(H,17,19). The van der Waals surface area contributed by atoms with Crippen molar-refractivity contribution in [1.82, 2.24) is 10.2 Å². The highest BCUT2D eigenvalue weighted by Gasteiger charge is 2.33. The molecule has 2 atom stereocenters. The first kappa shape index (κ1) is 16.4. The second-order valence-corrected chi connectivity index (χ2v) is 7.57. The first-order chi connectivity index (χ1) is 8.52. The SMILES string of the molecule is CC1CC(C)CN(C(C)(C)CNC(=O)C(C)(C)N)C1. The van der Waals surface area contributed by atoms with Crippen LogP contribution in [0, 0.1) is 11.8 Å². The van der Waals surface area contributed by atoms with E-state index < -0.39 is 5.54 Å². The molecule has 4 heteroatoms. The Morgan fingerprint density at radius 3 is 2.11 bits per heavy atom. The van der Waals surface area contributed by atoms with Gasteiger partial charge in [0.25, 0.3) is 0 Å². The third-order valence-electron chi connectivity index (χ3n) is 3.99. The molecule has 112 valence electrons. The van der Waals surface area contributed by atoms with Gasteiger partial charge in [-0.25, -0.2) is 0 Å². The van der Waals surface area contributed by atoms with Gasteiger partial charge in [-0.15, -0.1) is 0 Å². The highest BCUT2D eigenvalue weighted by molar-refractivity contribution is 5.85. The maximum atomic E-state index is 11.9. The number of rotatable bonds is 4. The lowest BCUT2D eigenvalue weighted by Crippen LogP contribution is -2.58. The molecule has 2 unspecified atom stereocenters. The molecule has 0 radical (unpaired) electrons. The molecule has 3 N–H and O–H groups in total. The summed E-state index contributed by atoms with van der Waals surface area (Å²) in [6, 6.07) is 0. The van der Waals surface area contributed by atoms with Gasteiger partial charge in [0.1, 0.15) is 0 Å². The van der Waals surface area contributed by atoms with E-state index in [1.807, 2.05) is 0 Å². The first-order valence-corrected chi connectivity index (χ1v) is 7.34. The lowest BCUT2D eigenvalue weighted by Gasteiger charge is -2.45. The normalized spacial score (nSPS) is 26.3. The van der Waals surface area contributed by atoms with Crippen LogP contribution in [0.2, 0.25) is 0 Å². The van der Waals surface area contributed by atoms with Gasteiger partial charge in [0.05, 0.1) is 5.54 Å². The molecule has 0 aromatic carbocycles. The largest absolute Gasteiger partial charge is 0.353 e. The number of nitrogens with zero attached hydrogens (tertiary/aromatic N) is 1. The Hall–Kier alpha value is -0.610. The quantitative estimate of drug-likeness (QED) is 0.815. The summed E-state index contributed by atoms with van der Waals surface area (Å²) in [5, 5.41) is 2.98. The Bertz CT molecular complexity index is 310. The van der Waals surface area contributed by atoms with E-state index in [1.54, 1.807) is 13.8 Å². The zero-order chi connectivity index (χ0) is 14.8. The highest BCUT2D eigenvalue weighted by Crippen LogP contribution is 2.26. The molecule has 0 saturated carbocycles. The second kappa shape index (κ2) is 5.80. The summed E-state index contributed by atoms with van der Waals surface area (Å²) in [7, 11) is 0. The van der Waals surface area contributed by atoms with Gasteiger partial charge in [0.2, 0.25) is 5.91 Å². The van der Waals surface area contributed by atoms with Crippen LogP contribution in [0.15, 0.2) is 0 Å². The average Bonchev–Trinajstić information content (AvgIpc) is 2.23. The molecule has 0 aromatic rings. The third kappa shape index (κ3) is 4.77. The van der Waals surface area contributed by atoms with Gasteiger partial charge in [0.15, 0.2) is 0 Å². The monoisotopic (exact) mass is 269 g/mol. The van der Waals surface area contributed by atoms with Gasteiger partial charge in [-0.1, -0.05) is 13.8 Å². The van der Waals surface area contributed by atoms with Gasteiger partial charge >= 0.3 is 0 Å². The summed E-state index contributed by atoms with van der Waals surface area (Å²) in [4.78, 5) is 14.4. The third-order valence-corrected chi connectivity index (χ3v) is 3.99. The van der Waals surface area contributed by atoms with Gasteiger partial charge in [-0.3, -0.25) is 9.69 Å². The van der Waals surface area contributed by atoms with Gasteiger partial charge in [-0.05, 0) is 46.0 Å². The molecule has 19 heavy (non-hydrogen) atoms. The highest BCUT2D eigenvalue weighted by atomic mass is 16.2. The van der Waals surface area contributed by atoms with Crippen LogP contribution < -0.4 is 11.1 Å². The van der Waals surface area contributed by atoms with Crippen LogP contribution in [0.25, 0.3) is 0 Å². The van der Waals surface area contributed by atoms with Crippen LogP contribution in [0.5, 0.6) is 0 Å². The lowest BCUT2D eigenvalue weighted by molar-refractivity contribution is -0.125. The van der Waals surface area contributed by atoms with E-state index in [1.165, 1.54) is 6.42 Å². The number of hydrogen-bond donors (Lipinski definition) is 2. The van der Waals surface area contributed by atoms with E-state index in [0.717, 1.165) is 24.9 Å². The number of piperidine rings is 1. The van der Waals surface area contributed by atoms with Crippen molar-refractivity contribution >= 4 is 5.91 Å². The van der Waals surface area contributed by atoms with Crippen LogP contribution in [-0.4, -0.2) is 41.5 Å². The van der Waals surface area contributed by atoms with Crippen molar-refractivity contribution in [1.29, 1.82) is 0 Å². The molecule has 0 spiro atoms. The molecule has 1 fully saturated rings. The predicted octanol–water partition coefficient (Wildman–Crippen LogP) is 1.60.